The van der Waals surface area contributed by atoms with Crippen molar-refractivity contribution in [3.8, 4) is 0 Å². The number of imide groups is 1. The van der Waals surface area contributed by atoms with Crippen LogP contribution in [0.2, 0.25) is 5.02 Å². The van der Waals surface area contributed by atoms with Crippen molar-refractivity contribution in [2.45, 2.75) is 23.5 Å². The van der Waals surface area contributed by atoms with E-state index in [1.54, 1.807) is 12.1 Å². The normalized spacial score (nSPS) is 15.5. The minimum atomic E-state index is -0.302. The maximum atomic E-state index is 12.7. The van der Waals surface area contributed by atoms with Gasteiger partial charge >= 0.3 is 0 Å². The second-order valence-corrected chi connectivity index (χ2v) is 8.97. The van der Waals surface area contributed by atoms with Gasteiger partial charge in [0.2, 0.25) is 0 Å². The van der Waals surface area contributed by atoms with E-state index in [1.165, 1.54) is 16.7 Å². The quantitative estimate of drug-likeness (QED) is 0.416. The maximum Gasteiger partial charge on any atom is 0.293 e. The molecule has 29 heavy (non-hydrogen) atoms. The van der Waals surface area contributed by atoms with Crippen LogP contribution in [0.1, 0.15) is 16.9 Å². The third kappa shape index (κ3) is 4.78. The van der Waals surface area contributed by atoms with Gasteiger partial charge in [-0.05, 0) is 60.6 Å². The van der Waals surface area contributed by atoms with Crippen molar-refractivity contribution in [3.63, 3.8) is 0 Å². The molecule has 4 nitrogen and oxygen atoms in total. The number of aryl methyl sites for hydroxylation is 1. The van der Waals surface area contributed by atoms with Crippen LogP contribution in [0, 0.1) is 6.92 Å². The Bertz CT molecular complexity index is 1090. The molecule has 1 aliphatic rings. The van der Waals surface area contributed by atoms with Crippen LogP contribution < -0.4 is 0 Å². The van der Waals surface area contributed by atoms with Gasteiger partial charge < -0.3 is 4.42 Å². The van der Waals surface area contributed by atoms with Gasteiger partial charge in [0.15, 0.2) is 5.09 Å². The first-order chi connectivity index (χ1) is 14.0. The molecule has 1 aromatic heterocycles. The fourth-order valence-corrected chi connectivity index (χ4v) is 4.45. The highest BCUT2D eigenvalue weighted by Crippen LogP contribution is 2.35. The fourth-order valence-electron chi connectivity index (χ4n) is 2.73. The predicted octanol–water partition coefficient (Wildman–Crippen LogP) is 6.63. The molecule has 2 aromatic carbocycles. The van der Waals surface area contributed by atoms with Gasteiger partial charge in [-0.15, -0.1) is 0 Å². The SMILES string of the molecule is Cc1ccc(CN2C(=O)SC(=Cc3ccc(Sc4ccc(Cl)cc4)o3)C2=O)cc1. The number of halogens is 1. The highest BCUT2D eigenvalue weighted by Gasteiger charge is 2.35. The van der Waals surface area contributed by atoms with Crippen LogP contribution in [0.15, 0.2) is 80.0 Å². The van der Waals surface area contributed by atoms with Crippen LogP contribution in [0.4, 0.5) is 4.79 Å². The number of rotatable bonds is 5. The minimum Gasteiger partial charge on any atom is -0.450 e. The molecule has 0 spiro atoms. The van der Waals surface area contributed by atoms with Crippen molar-refractivity contribution >= 4 is 52.3 Å². The minimum absolute atomic E-state index is 0.262. The molecule has 0 bridgehead atoms. The van der Waals surface area contributed by atoms with Gasteiger partial charge in [0.1, 0.15) is 5.76 Å². The number of furan rings is 1. The topological polar surface area (TPSA) is 50.5 Å². The highest BCUT2D eigenvalue weighted by molar-refractivity contribution is 8.18. The van der Waals surface area contributed by atoms with Crippen LogP contribution in [0.5, 0.6) is 0 Å². The lowest BCUT2D eigenvalue weighted by Gasteiger charge is -2.12. The van der Waals surface area contributed by atoms with E-state index in [0.717, 1.165) is 27.8 Å². The van der Waals surface area contributed by atoms with E-state index < -0.39 is 0 Å². The van der Waals surface area contributed by atoms with Crippen LogP contribution in [0.3, 0.4) is 0 Å². The molecule has 1 fully saturated rings. The summed E-state index contributed by atoms with van der Waals surface area (Å²) < 4.78 is 5.79. The first-order valence-electron chi connectivity index (χ1n) is 8.82. The van der Waals surface area contributed by atoms with E-state index in [4.69, 9.17) is 16.0 Å². The van der Waals surface area contributed by atoms with Gasteiger partial charge in [-0.3, -0.25) is 14.5 Å². The summed E-state index contributed by atoms with van der Waals surface area (Å²) in [5.74, 6) is 0.228. The first kappa shape index (κ1) is 19.9. The van der Waals surface area contributed by atoms with Crippen molar-refractivity contribution in [2.75, 3.05) is 0 Å². The zero-order valence-corrected chi connectivity index (χ0v) is 17.8. The van der Waals surface area contributed by atoms with Crippen LogP contribution in [-0.2, 0) is 11.3 Å². The van der Waals surface area contributed by atoms with Crippen LogP contribution >= 0.6 is 35.1 Å². The summed E-state index contributed by atoms with van der Waals surface area (Å²) in [6.45, 7) is 2.26. The van der Waals surface area contributed by atoms with Gasteiger partial charge in [0.05, 0.1) is 11.4 Å². The molecule has 3 aromatic rings. The van der Waals surface area contributed by atoms with E-state index in [0.29, 0.717) is 20.8 Å². The number of carbonyl (C=O) groups is 2. The molecular formula is C22H16ClNO3S2. The lowest BCUT2D eigenvalue weighted by atomic mass is 10.1. The highest BCUT2D eigenvalue weighted by atomic mass is 35.5. The second kappa shape index (κ2) is 8.53. The maximum absolute atomic E-state index is 12.7. The number of carbonyl (C=O) groups excluding carboxylic acids is 2. The lowest BCUT2D eigenvalue weighted by Crippen LogP contribution is -2.27. The summed E-state index contributed by atoms with van der Waals surface area (Å²) in [4.78, 5) is 27.6. The summed E-state index contributed by atoms with van der Waals surface area (Å²) in [6.07, 6.45) is 1.62. The Morgan fingerprint density at radius 1 is 1.03 bits per heavy atom. The standard InChI is InChI=1S/C22H16ClNO3S2/c1-14-2-4-15(5-3-14)13-24-21(25)19(29-22(24)26)12-17-8-11-20(27-17)28-18-9-6-16(23)7-10-18/h2-12H,13H2,1H3. The Hall–Kier alpha value is -2.41. The Kier molecular flexibility index (Phi) is 5.85. The monoisotopic (exact) mass is 441 g/mol. The smallest absolute Gasteiger partial charge is 0.293 e. The number of hydrogen-bond acceptors (Lipinski definition) is 5. The second-order valence-electron chi connectivity index (χ2n) is 6.47. The third-order valence-electron chi connectivity index (χ3n) is 4.24. The molecule has 0 saturated carbocycles. The summed E-state index contributed by atoms with van der Waals surface area (Å²) in [5, 5.41) is 1.09. The number of benzene rings is 2. The molecule has 7 heteroatoms. The van der Waals surface area contributed by atoms with E-state index >= 15 is 0 Å². The van der Waals surface area contributed by atoms with Crippen molar-refractivity contribution < 1.29 is 14.0 Å². The Morgan fingerprint density at radius 2 is 1.76 bits per heavy atom. The molecule has 0 radical (unpaired) electrons. The van der Waals surface area contributed by atoms with E-state index in [1.807, 2.05) is 61.5 Å². The van der Waals surface area contributed by atoms with Crippen molar-refractivity contribution in [2.24, 2.45) is 0 Å². The van der Waals surface area contributed by atoms with Crippen molar-refractivity contribution in [1.29, 1.82) is 0 Å². The molecule has 4 rings (SSSR count). The van der Waals surface area contributed by atoms with Gasteiger partial charge in [0, 0.05) is 16.0 Å². The number of hydrogen-bond donors (Lipinski definition) is 0. The lowest BCUT2D eigenvalue weighted by molar-refractivity contribution is -0.123. The Morgan fingerprint density at radius 3 is 2.48 bits per heavy atom. The Labute approximate surface area is 181 Å². The van der Waals surface area contributed by atoms with Gasteiger partial charge in [-0.2, -0.15) is 0 Å². The van der Waals surface area contributed by atoms with Crippen LogP contribution in [-0.4, -0.2) is 16.0 Å². The summed E-state index contributed by atoms with van der Waals surface area (Å²) in [6, 6.07) is 18.9. The molecule has 146 valence electrons. The number of thioether (sulfide) groups is 1. The zero-order valence-electron chi connectivity index (χ0n) is 15.4. The molecule has 1 aliphatic heterocycles. The zero-order chi connectivity index (χ0) is 20.4. The van der Waals surface area contributed by atoms with Crippen molar-refractivity contribution in [1.82, 2.24) is 4.90 Å². The van der Waals surface area contributed by atoms with Crippen LogP contribution in [0.25, 0.3) is 6.08 Å². The van der Waals surface area contributed by atoms with E-state index in [-0.39, 0.29) is 17.7 Å². The predicted molar refractivity (Wildman–Crippen MR) is 117 cm³/mol. The van der Waals surface area contributed by atoms with Crippen molar-refractivity contribution in [3.05, 3.63) is 87.5 Å². The summed E-state index contributed by atoms with van der Waals surface area (Å²) in [5.41, 5.74) is 2.05. The van der Waals surface area contributed by atoms with E-state index in [2.05, 4.69) is 0 Å². The molecule has 1 saturated heterocycles. The average molecular weight is 442 g/mol. The number of nitrogens with zero attached hydrogens (tertiary/aromatic N) is 1. The first-order valence-corrected chi connectivity index (χ1v) is 10.8. The third-order valence-corrected chi connectivity index (χ3v) is 6.33. The van der Waals surface area contributed by atoms with Gasteiger partial charge in [0.25, 0.3) is 11.1 Å². The van der Waals surface area contributed by atoms with Gasteiger partial charge in [-0.1, -0.05) is 53.2 Å². The largest absolute Gasteiger partial charge is 0.450 e. The summed E-state index contributed by atoms with van der Waals surface area (Å²) >= 11 is 8.29. The van der Waals surface area contributed by atoms with Gasteiger partial charge in [-0.25, -0.2) is 0 Å². The molecule has 0 atom stereocenters. The number of amides is 2. The van der Waals surface area contributed by atoms with E-state index in [9.17, 15) is 9.59 Å². The Balaban J connectivity index is 1.46. The fraction of sp³-hybridized carbons (Fsp3) is 0.0909. The molecule has 0 unspecified atom stereocenters. The molecule has 0 aliphatic carbocycles. The molecular weight excluding hydrogens is 426 g/mol. The molecule has 0 N–H and O–H groups in total. The molecule has 2 amide bonds. The summed E-state index contributed by atoms with van der Waals surface area (Å²) in [7, 11) is 0. The molecule has 2 heterocycles. The average Bonchev–Trinajstić information content (AvgIpc) is 3.25.